The molecule has 0 aliphatic carbocycles. The minimum atomic E-state index is -0.527. The molecule has 1 aromatic rings. The van der Waals surface area contributed by atoms with Crippen molar-refractivity contribution in [2.24, 2.45) is 0 Å². The van der Waals surface area contributed by atoms with Crippen LogP contribution in [0.3, 0.4) is 0 Å². The van der Waals surface area contributed by atoms with Gasteiger partial charge >= 0.3 is 12.1 Å². The first kappa shape index (κ1) is 17.8. The molecule has 0 heterocycles. The molecule has 5 nitrogen and oxygen atoms in total. The lowest BCUT2D eigenvalue weighted by Gasteiger charge is -2.19. The second-order valence-electron chi connectivity index (χ2n) is 5.81. The van der Waals surface area contributed by atoms with E-state index in [4.69, 9.17) is 9.47 Å². The van der Waals surface area contributed by atoms with E-state index in [1.807, 2.05) is 45.0 Å². The average molecular weight is 305 g/mol. The van der Waals surface area contributed by atoms with Gasteiger partial charge in [0.15, 0.2) is 0 Å². The summed E-state index contributed by atoms with van der Waals surface area (Å²) in [7, 11) is 1.32. The van der Waals surface area contributed by atoms with Crippen molar-refractivity contribution in [2.75, 3.05) is 13.7 Å². The molecule has 0 fully saturated rings. The summed E-state index contributed by atoms with van der Waals surface area (Å²) in [4.78, 5) is 23.2. The number of alkyl carbamates (subject to hydrolysis) is 1. The Morgan fingerprint density at radius 1 is 1.23 bits per heavy atom. The molecule has 0 radical (unpaired) electrons. The molecular weight excluding hydrogens is 282 g/mol. The molecule has 1 amide bonds. The fraction of sp³-hybridized carbons (Fsp3) is 0.412. The Morgan fingerprint density at radius 3 is 2.45 bits per heavy atom. The third-order valence-corrected chi connectivity index (χ3v) is 2.84. The predicted molar refractivity (Wildman–Crippen MR) is 85.4 cm³/mol. The number of benzene rings is 1. The van der Waals surface area contributed by atoms with Crippen LogP contribution in [0.5, 0.6) is 0 Å². The second-order valence-corrected chi connectivity index (χ2v) is 5.81. The van der Waals surface area contributed by atoms with Crippen molar-refractivity contribution in [1.29, 1.82) is 0 Å². The maximum Gasteiger partial charge on any atom is 0.407 e. The summed E-state index contributed by atoms with van der Waals surface area (Å²) in [5, 5.41) is 2.69. The molecule has 22 heavy (non-hydrogen) atoms. The fourth-order valence-corrected chi connectivity index (χ4v) is 1.88. The standard InChI is InChI=1S/C17H23NO4/c1-12(15(19)21-5)14-9-7-6-8-13(14)10-11-18-16(20)22-17(2,3)4/h6-9H,1,10-11H2,2-5H3,(H,18,20). The predicted octanol–water partition coefficient (Wildman–Crippen LogP) is 2.94. The molecule has 0 saturated carbocycles. The first-order chi connectivity index (χ1) is 10.2. The lowest BCUT2D eigenvalue weighted by molar-refractivity contribution is -0.133. The molecule has 0 aliphatic heterocycles. The summed E-state index contributed by atoms with van der Waals surface area (Å²) >= 11 is 0. The zero-order valence-corrected chi connectivity index (χ0v) is 13.6. The van der Waals surface area contributed by atoms with Crippen LogP contribution in [0.2, 0.25) is 0 Å². The Hall–Kier alpha value is -2.30. The van der Waals surface area contributed by atoms with Gasteiger partial charge in [-0.25, -0.2) is 9.59 Å². The van der Waals surface area contributed by atoms with E-state index in [9.17, 15) is 9.59 Å². The van der Waals surface area contributed by atoms with Crippen LogP contribution in [0, 0.1) is 0 Å². The van der Waals surface area contributed by atoms with Crippen molar-refractivity contribution in [3.63, 3.8) is 0 Å². The molecule has 120 valence electrons. The molecular formula is C17H23NO4. The highest BCUT2D eigenvalue weighted by Gasteiger charge is 2.16. The van der Waals surface area contributed by atoms with Gasteiger partial charge in [0.2, 0.25) is 0 Å². The highest BCUT2D eigenvalue weighted by atomic mass is 16.6. The van der Waals surface area contributed by atoms with Crippen molar-refractivity contribution >= 4 is 17.6 Å². The molecule has 0 saturated heterocycles. The number of methoxy groups -OCH3 is 1. The van der Waals surface area contributed by atoms with Gasteiger partial charge in [-0.1, -0.05) is 30.8 Å². The number of hydrogen-bond donors (Lipinski definition) is 1. The van der Waals surface area contributed by atoms with Crippen LogP contribution in [0.25, 0.3) is 5.57 Å². The first-order valence-corrected chi connectivity index (χ1v) is 7.07. The number of rotatable bonds is 5. The van der Waals surface area contributed by atoms with E-state index < -0.39 is 17.7 Å². The maximum atomic E-state index is 11.6. The highest BCUT2D eigenvalue weighted by Crippen LogP contribution is 2.19. The molecule has 0 aliphatic rings. The average Bonchev–Trinajstić information content (AvgIpc) is 2.44. The van der Waals surface area contributed by atoms with E-state index in [1.54, 1.807) is 0 Å². The Balaban J connectivity index is 2.66. The zero-order chi connectivity index (χ0) is 16.8. The van der Waals surface area contributed by atoms with Gasteiger partial charge in [-0.15, -0.1) is 0 Å². The van der Waals surface area contributed by atoms with Gasteiger partial charge in [-0.3, -0.25) is 0 Å². The third-order valence-electron chi connectivity index (χ3n) is 2.84. The van der Waals surface area contributed by atoms with Crippen LogP contribution in [0.15, 0.2) is 30.8 Å². The smallest absolute Gasteiger partial charge is 0.407 e. The minimum Gasteiger partial charge on any atom is -0.465 e. The lowest BCUT2D eigenvalue weighted by Crippen LogP contribution is -2.33. The zero-order valence-electron chi connectivity index (χ0n) is 13.6. The van der Waals surface area contributed by atoms with E-state index in [-0.39, 0.29) is 0 Å². The van der Waals surface area contributed by atoms with E-state index in [2.05, 4.69) is 11.9 Å². The van der Waals surface area contributed by atoms with Gasteiger partial charge in [0.1, 0.15) is 5.60 Å². The Labute approximate surface area is 131 Å². The van der Waals surface area contributed by atoms with Gasteiger partial charge in [0.25, 0.3) is 0 Å². The number of ether oxygens (including phenoxy) is 2. The Morgan fingerprint density at radius 2 is 1.86 bits per heavy atom. The largest absolute Gasteiger partial charge is 0.465 e. The van der Waals surface area contributed by atoms with Crippen LogP contribution >= 0.6 is 0 Å². The van der Waals surface area contributed by atoms with Gasteiger partial charge in [0.05, 0.1) is 12.7 Å². The van der Waals surface area contributed by atoms with Crippen molar-refractivity contribution in [1.82, 2.24) is 5.32 Å². The number of amides is 1. The molecule has 1 aromatic carbocycles. The second kappa shape index (κ2) is 7.64. The summed E-state index contributed by atoms with van der Waals surface area (Å²) in [6.07, 6.45) is 0.0996. The molecule has 1 N–H and O–H groups in total. The summed E-state index contributed by atoms with van der Waals surface area (Å²) in [5.41, 5.74) is 1.41. The molecule has 0 atom stereocenters. The lowest BCUT2D eigenvalue weighted by atomic mass is 9.99. The van der Waals surface area contributed by atoms with Crippen LogP contribution in [0.4, 0.5) is 4.79 Å². The summed E-state index contributed by atoms with van der Waals surface area (Å²) in [6, 6.07) is 7.40. The molecule has 0 unspecified atom stereocenters. The van der Waals surface area contributed by atoms with Crippen molar-refractivity contribution in [3.05, 3.63) is 42.0 Å². The number of carbonyl (C=O) groups is 2. The summed E-state index contributed by atoms with van der Waals surface area (Å²) < 4.78 is 9.86. The molecule has 0 spiro atoms. The Kier molecular flexibility index (Phi) is 6.16. The van der Waals surface area contributed by atoms with Crippen molar-refractivity contribution in [2.45, 2.75) is 32.8 Å². The normalized spacial score (nSPS) is 10.7. The molecule has 0 aromatic heterocycles. The topological polar surface area (TPSA) is 64.6 Å². The minimum absolute atomic E-state index is 0.301. The molecule has 0 bridgehead atoms. The number of carbonyl (C=O) groups excluding carboxylic acids is 2. The molecule has 5 heteroatoms. The van der Waals surface area contributed by atoms with Crippen LogP contribution in [-0.2, 0) is 20.7 Å². The van der Waals surface area contributed by atoms with Gasteiger partial charge < -0.3 is 14.8 Å². The SMILES string of the molecule is C=C(C(=O)OC)c1ccccc1CCNC(=O)OC(C)(C)C. The Bertz CT molecular complexity index is 558. The highest BCUT2D eigenvalue weighted by molar-refractivity contribution is 6.15. The van der Waals surface area contributed by atoms with E-state index in [1.165, 1.54) is 7.11 Å². The third kappa shape index (κ3) is 5.60. The van der Waals surface area contributed by atoms with E-state index in [0.29, 0.717) is 18.5 Å². The fourth-order valence-electron chi connectivity index (χ4n) is 1.88. The summed E-state index contributed by atoms with van der Waals surface area (Å²) in [5.74, 6) is -0.465. The van der Waals surface area contributed by atoms with Crippen molar-refractivity contribution in [3.8, 4) is 0 Å². The summed E-state index contributed by atoms with van der Waals surface area (Å²) in [6.45, 7) is 9.59. The van der Waals surface area contributed by atoms with Gasteiger partial charge in [-0.05, 0) is 38.3 Å². The monoisotopic (exact) mass is 305 g/mol. The van der Waals surface area contributed by atoms with E-state index >= 15 is 0 Å². The van der Waals surface area contributed by atoms with Crippen LogP contribution in [0.1, 0.15) is 31.9 Å². The van der Waals surface area contributed by atoms with Gasteiger partial charge in [-0.2, -0.15) is 0 Å². The van der Waals surface area contributed by atoms with Crippen molar-refractivity contribution < 1.29 is 19.1 Å². The molecule has 1 rings (SSSR count). The van der Waals surface area contributed by atoms with E-state index in [0.717, 1.165) is 11.1 Å². The van der Waals surface area contributed by atoms with Crippen LogP contribution < -0.4 is 5.32 Å². The number of hydrogen-bond acceptors (Lipinski definition) is 4. The maximum absolute atomic E-state index is 11.6. The number of nitrogens with one attached hydrogen (secondary N) is 1. The number of esters is 1. The first-order valence-electron chi connectivity index (χ1n) is 7.07. The quantitative estimate of drug-likeness (QED) is 0.671. The van der Waals surface area contributed by atoms with Gasteiger partial charge in [0, 0.05) is 6.54 Å². The van der Waals surface area contributed by atoms with Crippen LogP contribution in [-0.4, -0.2) is 31.3 Å².